The molecule has 2 N–H and O–H groups in total. The molecule has 2 heterocycles. The molecule has 2 fully saturated rings. The molecule has 0 aromatic heterocycles. The van der Waals surface area contributed by atoms with Crippen molar-refractivity contribution in [1.82, 2.24) is 9.80 Å². The van der Waals surface area contributed by atoms with Crippen molar-refractivity contribution in [2.45, 2.75) is 24.9 Å². The molecule has 2 atom stereocenters. The number of cyclic esters (lactones) is 1. The summed E-state index contributed by atoms with van der Waals surface area (Å²) in [6, 6.07) is 18.6. The van der Waals surface area contributed by atoms with Crippen LogP contribution in [0.2, 0.25) is 0 Å². The van der Waals surface area contributed by atoms with Gasteiger partial charge in [0, 0.05) is 36.3 Å². The molecular formula is C27H31BrN2O7. The van der Waals surface area contributed by atoms with Crippen molar-refractivity contribution in [3.05, 3.63) is 82.3 Å². The van der Waals surface area contributed by atoms with Gasteiger partial charge in [0.1, 0.15) is 6.61 Å². The number of carbonyl (C=O) groups excluding carboxylic acids is 1. The standard InChI is InChI=1S/C23H27BrN2O3.C4H4O4/c24-21-9-5-4-8-19(21)16-20-17-29-23(27)26(20)22(18-6-2-1-3-7-18)10-11-25-12-14-28-15-13-25;5-3(6)1-2-4(7)8/h1-9,20,22H,10-17H2;1-2H,(H,5,6)(H,7,8). The maximum atomic E-state index is 12.8. The second-order valence-electron chi connectivity index (χ2n) is 8.61. The van der Waals surface area contributed by atoms with Crippen molar-refractivity contribution in [3.63, 3.8) is 0 Å². The molecule has 9 nitrogen and oxygen atoms in total. The zero-order chi connectivity index (χ0) is 26.6. The van der Waals surface area contributed by atoms with Crippen LogP contribution in [0.1, 0.15) is 23.6 Å². The highest BCUT2D eigenvalue weighted by Gasteiger charge is 2.39. The maximum absolute atomic E-state index is 12.8. The zero-order valence-electron chi connectivity index (χ0n) is 20.4. The summed E-state index contributed by atoms with van der Waals surface area (Å²) in [6.45, 7) is 4.84. The third kappa shape index (κ3) is 8.99. The van der Waals surface area contributed by atoms with Crippen molar-refractivity contribution in [3.8, 4) is 0 Å². The van der Waals surface area contributed by atoms with E-state index in [-0.39, 0.29) is 18.2 Å². The molecule has 198 valence electrons. The van der Waals surface area contributed by atoms with Crippen molar-refractivity contribution >= 4 is 34.0 Å². The van der Waals surface area contributed by atoms with Crippen LogP contribution in [0.4, 0.5) is 4.79 Å². The van der Waals surface area contributed by atoms with Crippen LogP contribution in [0.5, 0.6) is 0 Å². The van der Waals surface area contributed by atoms with Gasteiger partial charge in [-0.25, -0.2) is 14.4 Å². The van der Waals surface area contributed by atoms with E-state index in [0.29, 0.717) is 18.8 Å². The number of ether oxygens (including phenoxy) is 2. The van der Waals surface area contributed by atoms with E-state index in [2.05, 4.69) is 39.0 Å². The molecular weight excluding hydrogens is 544 g/mol. The molecule has 0 radical (unpaired) electrons. The SMILES string of the molecule is O=C(O)C=CC(=O)O.O=C1OCC(Cc2ccccc2Br)N1C(CCN1CCOCC1)c1ccccc1. The number of carbonyl (C=O) groups is 3. The predicted octanol–water partition coefficient (Wildman–Crippen LogP) is 3.99. The average Bonchev–Trinajstić information content (AvgIpc) is 3.25. The van der Waals surface area contributed by atoms with Crippen molar-refractivity contribution in [2.24, 2.45) is 0 Å². The van der Waals surface area contributed by atoms with E-state index in [4.69, 9.17) is 19.7 Å². The molecule has 0 spiro atoms. The number of nitrogens with zero attached hydrogens (tertiary/aromatic N) is 2. The Hall–Kier alpha value is -3.21. The first kappa shape index (κ1) is 28.4. The van der Waals surface area contributed by atoms with Crippen LogP contribution in [0, 0.1) is 0 Å². The summed E-state index contributed by atoms with van der Waals surface area (Å²) in [4.78, 5) is 36.3. The van der Waals surface area contributed by atoms with Crippen molar-refractivity contribution in [2.75, 3.05) is 39.5 Å². The molecule has 2 aromatic carbocycles. The zero-order valence-corrected chi connectivity index (χ0v) is 22.0. The Kier molecular flexibility index (Phi) is 11.1. The van der Waals surface area contributed by atoms with Gasteiger partial charge in [0.05, 0.1) is 25.3 Å². The van der Waals surface area contributed by atoms with Crippen LogP contribution in [-0.4, -0.2) is 83.5 Å². The molecule has 2 aromatic rings. The van der Waals surface area contributed by atoms with E-state index in [1.54, 1.807) is 0 Å². The van der Waals surface area contributed by atoms with Gasteiger partial charge in [-0.2, -0.15) is 0 Å². The lowest BCUT2D eigenvalue weighted by Crippen LogP contribution is -2.42. The third-order valence-corrected chi connectivity index (χ3v) is 6.90. The maximum Gasteiger partial charge on any atom is 0.410 e. The molecule has 10 heteroatoms. The van der Waals surface area contributed by atoms with Crippen LogP contribution in [-0.2, 0) is 25.5 Å². The van der Waals surface area contributed by atoms with E-state index < -0.39 is 11.9 Å². The number of benzene rings is 2. The van der Waals surface area contributed by atoms with Gasteiger partial charge in [0.15, 0.2) is 0 Å². The normalized spacial score (nSPS) is 18.7. The van der Waals surface area contributed by atoms with Crippen molar-refractivity contribution in [1.29, 1.82) is 0 Å². The monoisotopic (exact) mass is 574 g/mol. The van der Waals surface area contributed by atoms with Crippen LogP contribution in [0.15, 0.2) is 71.2 Å². The molecule has 0 bridgehead atoms. The van der Waals surface area contributed by atoms with Gasteiger partial charge in [0.25, 0.3) is 0 Å². The third-order valence-electron chi connectivity index (χ3n) is 6.13. The highest BCUT2D eigenvalue weighted by atomic mass is 79.9. The minimum atomic E-state index is -1.26. The average molecular weight is 575 g/mol. The van der Waals surface area contributed by atoms with Crippen LogP contribution >= 0.6 is 15.9 Å². The first-order valence-electron chi connectivity index (χ1n) is 12.0. The molecule has 2 aliphatic rings. The first-order valence-corrected chi connectivity index (χ1v) is 12.8. The first-order chi connectivity index (χ1) is 17.8. The van der Waals surface area contributed by atoms with Gasteiger partial charge in [-0.05, 0) is 30.0 Å². The van der Waals surface area contributed by atoms with E-state index in [1.165, 1.54) is 5.56 Å². The van der Waals surface area contributed by atoms with Gasteiger partial charge in [-0.15, -0.1) is 0 Å². The van der Waals surface area contributed by atoms with E-state index in [1.807, 2.05) is 41.3 Å². The van der Waals surface area contributed by atoms with E-state index in [0.717, 1.165) is 55.7 Å². The summed E-state index contributed by atoms with van der Waals surface area (Å²) in [5, 5.41) is 15.6. The lowest BCUT2D eigenvalue weighted by atomic mass is 9.98. The Bertz CT molecular complexity index is 1060. The topological polar surface area (TPSA) is 117 Å². The summed E-state index contributed by atoms with van der Waals surface area (Å²) in [6.07, 6.45) is 2.56. The number of amides is 1. The number of hydrogen-bond acceptors (Lipinski definition) is 6. The summed E-state index contributed by atoms with van der Waals surface area (Å²) >= 11 is 3.64. The molecule has 2 saturated heterocycles. The van der Waals surface area contributed by atoms with Gasteiger partial charge < -0.3 is 19.7 Å². The van der Waals surface area contributed by atoms with Crippen LogP contribution in [0.25, 0.3) is 0 Å². The number of aliphatic carboxylic acids is 2. The Morgan fingerprint density at radius 2 is 1.62 bits per heavy atom. The summed E-state index contributed by atoms with van der Waals surface area (Å²) in [7, 11) is 0. The van der Waals surface area contributed by atoms with Gasteiger partial charge in [-0.3, -0.25) is 9.80 Å². The minimum Gasteiger partial charge on any atom is -0.478 e. The second kappa shape index (κ2) is 14.5. The fourth-order valence-corrected chi connectivity index (χ4v) is 4.79. The largest absolute Gasteiger partial charge is 0.478 e. The Morgan fingerprint density at radius 3 is 2.24 bits per heavy atom. The summed E-state index contributed by atoms with van der Waals surface area (Å²) in [5.41, 5.74) is 2.36. The fourth-order valence-electron chi connectivity index (χ4n) is 4.34. The molecule has 2 unspecified atom stereocenters. The Balaban J connectivity index is 0.000000414. The molecule has 37 heavy (non-hydrogen) atoms. The fraction of sp³-hybridized carbons (Fsp3) is 0.370. The number of hydrogen-bond donors (Lipinski definition) is 2. The summed E-state index contributed by atoms with van der Waals surface area (Å²) < 4.78 is 12.1. The molecule has 1 amide bonds. The Morgan fingerprint density at radius 1 is 1.00 bits per heavy atom. The Labute approximate surface area is 224 Å². The lowest BCUT2D eigenvalue weighted by Gasteiger charge is -2.34. The van der Waals surface area contributed by atoms with Crippen molar-refractivity contribution < 1.29 is 34.1 Å². The highest BCUT2D eigenvalue weighted by Crippen LogP contribution is 2.33. The van der Waals surface area contributed by atoms with Crippen LogP contribution < -0.4 is 0 Å². The quantitative estimate of drug-likeness (QED) is 0.432. The minimum absolute atomic E-state index is 0.00142. The number of rotatable bonds is 9. The molecule has 0 saturated carbocycles. The predicted molar refractivity (Wildman–Crippen MR) is 140 cm³/mol. The number of carboxylic acid groups (broad SMARTS) is 2. The van der Waals surface area contributed by atoms with Crippen LogP contribution in [0.3, 0.4) is 0 Å². The van der Waals surface area contributed by atoms with Gasteiger partial charge in [-0.1, -0.05) is 64.5 Å². The molecule has 0 aliphatic carbocycles. The molecule has 2 aliphatic heterocycles. The second-order valence-corrected chi connectivity index (χ2v) is 9.47. The number of morpholine rings is 1. The number of halogens is 1. The van der Waals surface area contributed by atoms with E-state index in [9.17, 15) is 14.4 Å². The number of carboxylic acids is 2. The van der Waals surface area contributed by atoms with Gasteiger partial charge in [0.2, 0.25) is 0 Å². The lowest BCUT2D eigenvalue weighted by molar-refractivity contribution is -0.134. The molecule has 4 rings (SSSR count). The van der Waals surface area contributed by atoms with Gasteiger partial charge >= 0.3 is 18.0 Å². The summed E-state index contributed by atoms with van der Waals surface area (Å²) in [5.74, 6) is -2.51. The van der Waals surface area contributed by atoms with E-state index >= 15 is 0 Å². The smallest absolute Gasteiger partial charge is 0.410 e. The highest BCUT2D eigenvalue weighted by molar-refractivity contribution is 9.10.